The van der Waals surface area contributed by atoms with E-state index in [4.69, 9.17) is 20.3 Å². The van der Waals surface area contributed by atoms with Crippen molar-refractivity contribution in [2.24, 2.45) is 11.7 Å². The number of benzene rings is 1. The van der Waals surface area contributed by atoms with E-state index in [1.807, 2.05) is 19.1 Å². The summed E-state index contributed by atoms with van der Waals surface area (Å²) in [6, 6.07) is 5.29. The molecular formula is C17H27NO4. The van der Waals surface area contributed by atoms with Gasteiger partial charge in [-0.1, -0.05) is 12.1 Å². The Hall–Kier alpha value is -1.56. The normalized spacial score (nSPS) is 15.1. The monoisotopic (exact) mass is 309 g/mol. The highest BCUT2D eigenvalue weighted by molar-refractivity contribution is 5.42. The van der Waals surface area contributed by atoms with Crippen molar-refractivity contribution >= 4 is 0 Å². The Morgan fingerprint density at radius 1 is 1.45 bits per heavy atom. The van der Waals surface area contributed by atoms with E-state index in [0.717, 1.165) is 12.0 Å². The molecule has 5 nitrogen and oxygen atoms in total. The van der Waals surface area contributed by atoms with Crippen molar-refractivity contribution in [2.75, 3.05) is 20.4 Å². The van der Waals surface area contributed by atoms with Crippen LogP contribution in [0.4, 0.5) is 0 Å². The second-order valence-electron chi connectivity index (χ2n) is 5.47. The second-order valence-corrected chi connectivity index (χ2v) is 5.47. The third-order valence-corrected chi connectivity index (χ3v) is 4.05. The van der Waals surface area contributed by atoms with Crippen LogP contribution in [0.1, 0.15) is 25.3 Å². The van der Waals surface area contributed by atoms with Crippen LogP contribution in [0.3, 0.4) is 0 Å². The van der Waals surface area contributed by atoms with Gasteiger partial charge in [0.15, 0.2) is 11.5 Å². The SMILES string of the molecule is C=C[C@@](C)(OCN)[C@H](CCCO)Cc1ccc(O)c(OC)c1. The highest BCUT2D eigenvalue weighted by Gasteiger charge is 2.32. The van der Waals surface area contributed by atoms with E-state index in [0.29, 0.717) is 18.6 Å². The van der Waals surface area contributed by atoms with Gasteiger partial charge in [-0.25, -0.2) is 0 Å². The number of rotatable bonds is 10. The topological polar surface area (TPSA) is 84.9 Å². The van der Waals surface area contributed by atoms with Gasteiger partial charge in [-0.2, -0.15) is 0 Å². The summed E-state index contributed by atoms with van der Waals surface area (Å²) in [6.45, 7) is 6.05. The fourth-order valence-corrected chi connectivity index (χ4v) is 2.59. The summed E-state index contributed by atoms with van der Waals surface area (Å²) in [5, 5.41) is 18.8. The van der Waals surface area contributed by atoms with Gasteiger partial charge in [0, 0.05) is 6.61 Å². The largest absolute Gasteiger partial charge is 0.504 e. The Kier molecular flexibility index (Phi) is 7.38. The number of aliphatic hydroxyl groups excluding tert-OH is 1. The van der Waals surface area contributed by atoms with E-state index in [9.17, 15) is 5.11 Å². The first-order valence-corrected chi connectivity index (χ1v) is 7.45. The molecule has 1 aromatic rings. The van der Waals surface area contributed by atoms with E-state index in [1.54, 1.807) is 12.1 Å². The molecule has 0 bridgehead atoms. The summed E-state index contributed by atoms with van der Waals surface area (Å²) in [5.41, 5.74) is 5.99. The highest BCUT2D eigenvalue weighted by atomic mass is 16.5. The van der Waals surface area contributed by atoms with Crippen LogP contribution in [-0.2, 0) is 11.2 Å². The molecule has 22 heavy (non-hydrogen) atoms. The van der Waals surface area contributed by atoms with E-state index < -0.39 is 5.60 Å². The average molecular weight is 309 g/mol. The lowest BCUT2D eigenvalue weighted by molar-refractivity contribution is -0.0381. The molecule has 124 valence electrons. The molecule has 4 N–H and O–H groups in total. The maximum atomic E-state index is 9.69. The molecule has 0 saturated carbocycles. The minimum atomic E-state index is -0.574. The Balaban J connectivity index is 2.99. The van der Waals surface area contributed by atoms with Crippen LogP contribution in [0, 0.1) is 5.92 Å². The summed E-state index contributed by atoms with van der Waals surface area (Å²) in [4.78, 5) is 0. The summed E-state index contributed by atoms with van der Waals surface area (Å²) < 4.78 is 10.8. The number of phenolic OH excluding ortho intramolecular Hbond substituents is 1. The molecule has 0 amide bonds. The van der Waals surface area contributed by atoms with Gasteiger partial charge in [-0.15, -0.1) is 6.58 Å². The maximum absolute atomic E-state index is 9.69. The molecule has 0 aromatic heterocycles. The van der Waals surface area contributed by atoms with Gasteiger partial charge in [-0.3, -0.25) is 0 Å². The number of phenols is 1. The van der Waals surface area contributed by atoms with Gasteiger partial charge in [0.05, 0.1) is 19.4 Å². The molecule has 0 saturated heterocycles. The summed E-state index contributed by atoms with van der Waals surface area (Å²) in [6.07, 6.45) is 3.93. The lowest BCUT2D eigenvalue weighted by Gasteiger charge is -2.35. The number of hydrogen-bond donors (Lipinski definition) is 3. The number of nitrogens with two attached hydrogens (primary N) is 1. The van der Waals surface area contributed by atoms with Crippen molar-refractivity contribution < 1.29 is 19.7 Å². The third-order valence-electron chi connectivity index (χ3n) is 4.05. The number of methoxy groups -OCH3 is 1. The lowest BCUT2D eigenvalue weighted by Crippen LogP contribution is -2.39. The fourth-order valence-electron chi connectivity index (χ4n) is 2.59. The van der Waals surface area contributed by atoms with E-state index in [-0.39, 0.29) is 25.0 Å². The van der Waals surface area contributed by atoms with Gasteiger partial charge in [0.25, 0.3) is 0 Å². The van der Waals surface area contributed by atoms with Crippen LogP contribution in [0.25, 0.3) is 0 Å². The summed E-state index contributed by atoms with van der Waals surface area (Å²) in [7, 11) is 1.52. The second kappa shape index (κ2) is 8.78. The Bertz CT molecular complexity index is 478. The van der Waals surface area contributed by atoms with Crippen LogP contribution in [0.15, 0.2) is 30.9 Å². The molecule has 1 aromatic carbocycles. The standard InChI is InChI=1S/C17H27NO4/c1-4-17(2,22-12-18)14(6-5-9-19)10-13-7-8-15(20)16(11-13)21-3/h4,7-8,11,14,19-20H,1,5-6,9-10,12,18H2,2-3H3/t14-,17-/m1/s1. The Morgan fingerprint density at radius 3 is 2.73 bits per heavy atom. The first-order chi connectivity index (χ1) is 10.5. The van der Waals surface area contributed by atoms with Crippen molar-refractivity contribution in [2.45, 2.75) is 31.8 Å². The average Bonchev–Trinajstić information content (AvgIpc) is 2.52. The smallest absolute Gasteiger partial charge is 0.160 e. The van der Waals surface area contributed by atoms with Crippen LogP contribution >= 0.6 is 0 Å². The van der Waals surface area contributed by atoms with Crippen molar-refractivity contribution in [1.82, 2.24) is 0 Å². The fraction of sp³-hybridized carbons (Fsp3) is 0.529. The zero-order valence-electron chi connectivity index (χ0n) is 13.4. The molecule has 0 fully saturated rings. The quantitative estimate of drug-likeness (QED) is 0.456. The number of aliphatic hydroxyl groups is 1. The Labute approximate surface area is 132 Å². The number of hydrogen-bond acceptors (Lipinski definition) is 5. The predicted octanol–water partition coefficient (Wildman–Crippen LogP) is 2.21. The first kappa shape index (κ1) is 18.5. The summed E-state index contributed by atoms with van der Waals surface area (Å²) >= 11 is 0. The van der Waals surface area contributed by atoms with Crippen LogP contribution < -0.4 is 10.5 Å². The number of aromatic hydroxyl groups is 1. The van der Waals surface area contributed by atoms with Crippen LogP contribution in [-0.4, -0.2) is 36.3 Å². The van der Waals surface area contributed by atoms with Crippen molar-refractivity contribution in [3.63, 3.8) is 0 Å². The molecule has 0 aliphatic rings. The number of ether oxygens (including phenoxy) is 2. The van der Waals surface area contributed by atoms with Crippen LogP contribution in [0.2, 0.25) is 0 Å². The Morgan fingerprint density at radius 2 is 2.18 bits per heavy atom. The minimum Gasteiger partial charge on any atom is -0.504 e. The maximum Gasteiger partial charge on any atom is 0.160 e. The van der Waals surface area contributed by atoms with Crippen molar-refractivity contribution in [3.05, 3.63) is 36.4 Å². The van der Waals surface area contributed by atoms with E-state index >= 15 is 0 Å². The van der Waals surface area contributed by atoms with E-state index in [1.165, 1.54) is 7.11 Å². The molecule has 0 radical (unpaired) electrons. The van der Waals surface area contributed by atoms with Gasteiger partial charge in [-0.05, 0) is 49.8 Å². The van der Waals surface area contributed by atoms with Gasteiger partial charge >= 0.3 is 0 Å². The first-order valence-electron chi connectivity index (χ1n) is 7.45. The lowest BCUT2D eigenvalue weighted by atomic mass is 9.81. The zero-order chi connectivity index (χ0) is 16.6. The predicted molar refractivity (Wildman–Crippen MR) is 86.9 cm³/mol. The molecule has 0 aliphatic carbocycles. The zero-order valence-corrected chi connectivity index (χ0v) is 13.4. The molecular weight excluding hydrogens is 282 g/mol. The van der Waals surface area contributed by atoms with Crippen molar-refractivity contribution in [1.29, 1.82) is 0 Å². The van der Waals surface area contributed by atoms with Gasteiger partial charge in [0.1, 0.15) is 0 Å². The minimum absolute atomic E-state index is 0.106. The third kappa shape index (κ3) is 4.73. The van der Waals surface area contributed by atoms with Gasteiger partial charge < -0.3 is 25.4 Å². The summed E-state index contributed by atoms with van der Waals surface area (Å²) in [5.74, 6) is 0.663. The molecule has 5 heteroatoms. The van der Waals surface area contributed by atoms with Crippen molar-refractivity contribution in [3.8, 4) is 11.5 Å². The molecule has 1 rings (SSSR count). The molecule has 0 spiro atoms. The molecule has 0 aliphatic heterocycles. The molecule has 2 atom stereocenters. The van der Waals surface area contributed by atoms with Crippen LogP contribution in [0.5, 0.6) is 11.5 Å². The highest BCUT2D eigenvalue weighted by Crippen LogP contribution is 2.33. The molecule has 0 unspecified atom stereocenters. The van der Waals surface area contributed by atoms with E-state index in [2.05, 4.69) is 6.58 Å². The molecule has 0 heterocycles. The van der Waals surface area contributed by atoms with Gasteiger partial charge in [0.2, 0.25) is 0 Å².